The molecule has 0 saturated heterocycles. The fourth-order valence-electron chi connectivity index (χ4n) is 2.83. The summed E-state index contributed by atoms with van der Waals surface area (Å²) in [6.45, 7) is 7.61. The lowest BCUT2D eigenvalue weighted by molar-refractivity contribution is 0.373. The molecule has 1 unspecified atom stereocenters. The summed E-state index contributed by atoms with van der Waals surface area (Å²) in [4.78, 5) is 11.0. The highest BCUT2D eigenvalue weighted by Gasteiger charge is 2.04. The van der Waals surface area contributed by atoms with Crippen LogP contribution in [-0.4, -0.2) is 30.2 Å². The molecule has 1 aliphatic rings. The number of allylic oxidation sites excluding steroid dienone is 6. The Kier molecular flexibility index (Phi) is 8.43. The van der Waals surface area contributed by atoms with Crippen molar-refractivity contribution in [2.75, 3.05) is 13.6 Å². The van der Waals surface area contributed by atoms with Gasteiger partial charge in [0.25, 0.3) is 0 Å². The SMILES string of the molecule is C\C=C(/N=C(N)\N=C(/C)CN(C)Cc1ccccc1)NC1=CC=CC(C)C=C1. The van der Waals surface area contributed by atoms with Crippen molar-refractivity contribution in [1.82, 2.24) is 10.2 Å². The standard InChI is InChI=1S/C23H31N5/c1-5-22(26-21-13-9-10-18(2)14-15-21)27-23(24)25-19(3)16-28(4)17-20-11-7-6-8-12-20/h5-15,18,26H,16-17H2,1-4H3,(H2,24,27)/b22-5-,25-19+. The Morgan fingerprint density at radius 3 is 2.68 bits per heavy atom. The summed E-state index contributed by atoms with van der Waals surface area (Å²) < 4.78 is 0. The van der Waals surface area contributed by atoms with Crippen molar-refractivity contribution in [3.8, 4) is 0 Å². The summed E-state index contributed by atoms with van der Waals surface area (Å²) in [5.41, 5.74) is 9.20. The lowest BCUT2D eigenvalue weighted by Gasteiger charge is -2.16. The summed E-state index contributed by atoms with van der Waals surface area (Å²) in [5.74, 6) is 1.33. The summed E-state index contributed by atoms with van der Waals surface area (Å²) in [6, 6.07) is 10.4. The van der Waals surface area contributed by atoms with Gasteiger partial charge < -0.3 is 11.1 Å². The van der Waals surface area contributed by atoms with Crippen LogP contribution in [0.25, 0.3) is 0 Å². The van der Waals surface area contributed by atoms with Crippen molar-refractivity contribution < 1.29 is 0 Å². The van der Waals surface area contributed by atoms with E-state index in [1.807, 2.05) is 44.2 Å². The van der Waals surface area contributed by atoms with Gasteiger partial charge in [-0.25, -0.2) is 4.99 Å². The van der Waals surface area contributed by atoms with Crippen molar-refractivity contribution in [2.24, 2.45) is 21.6 Å². The van der Waals surface area contributed by atoms with Crippen LogP contribution in [0.2, 0.25) is 0 Å². The maximum atomic E-state index is 6.05. The van der Waals surface area contributed by atoms with Crippen molar-refractivity contribution in [3.05, 3.63) is 83.9 Å². The molecule has 0 amide bonds. The second-order valence-electron chi connectivity index (χ2n) is 7.00. The number of guanidine groups is 1. The Bertz CT molecular complexity index is 813. The van der Waals surface area contributed by atoms with E-state index in [2.05, 4.69) is 70.6 Å². The zero-order valence-electron chi connectivity index (χ0n) is 17.3. The maximum Gasteiger partial charge on any atom is 0.221 e. The number of nitrogens with one attached hydrogen (secondary N) is 1. The smallest absolute Gasteiger partial charge is 0.221 e. The van der Waals surface area contributed by atoms with Gasteiger partial charge >= 0.3 is 0 Å². The minimum Gasteiger partial charge on any atom is -0.368 e. The Morgan fingerprint density at radius 1 is 1.21 bits per heavy atom. The first-order chi connectivity index (χ1) is 13.5. The second kappa shape index (κ2) is 11.0. The van der Waals surface area contributed by atoms with E-state index in [1.54, 1.807) is 0 Å². The molecule has 3 N–H and O–H groups in total. The van der Waals surface area contributed by atoms with Crippen molar-refractivity contribution >= 4 is 11.7 Å². The highest BCUT2D eigenvalue weighted by molar-refractivity contribution is 5.96. The molecule has 5 heteroatoms. The van der Waals surface area contributed by atoms with Gasteiger partial charge in [0.05, 0.1) is 0 Å². The van der Waals surface area contributed by atoms with Crippen LogP contribution in [0.5, 0.6) is 0 Å². The minimum absolute atomic E-state index is 0.244. The van der Waals surface area contributed by atoms with E-state index in [0.717, 1.165) is 24.5 Å². The zero-order chi connectivity index (χ0) is 20.4. The maximum absolute atomic E-state index is 6.05. The molecule has 0 aromatic heterocycles. The molecular formula is C23H31N5. The van der Waals surface area contributed by atoms with Gasteiger partial charge in [0.2, 0.25) is 5.96 Å². The van der Waals surface area contributed by atoms with E-state index in [9.17, 15) is 0 Å². The lowest BCUT2D eigenvalue weighted by atomic mass is 10.2. The third-order valence-corrected chi connectivity index (χ3v) is 4.15. The van der Waals surface area contributed by atoms with Gasteiger partial charge in [-0.05, 0) is 50.6 Å². The molecule has 5 nitrogen and oxygen atoms in total. The Balaban J connectivity index is 1.95. The molecule has 0 radical (unpaired) electrons. The number of hydrogen-bond acceptors (Lipinski definition) is 3. The predicted octanol–water partition coefficient (Wildman–Crippen LogP) is 3.99. The predicted molar refractivity (Wildman–Crippen MR) is 120 cm³/mol. The van der Waals surface area contributed by atoms with Crippen LogP contribution in [0.4, 0.5) is 0 Å². The number of rotatable bonds is 7. The molecule has 0 spiro atoms. The summed E-state index contributed by atoms with van der Waals surface area (Å²) >= 11 is 0. The number of nitrogens with two attached hydrogens (primary N) is 1. The zero-order valence-corrected chi connectivity index (χ0v) is 17.3. The molecule has 1 atom stereocenters. The highest BCUT2D eigenvalue weighted by atomic mass is 15.1. The molecule has 0 fully saturated rings. The van der Waals surface area contributed by atoms with E-state index in [-0.39, 0.29) is 5.96 Å². The molecule has 0 heterocycles. The monoisotopic (exact) mass is 377 g/mol. The Morgan fingerprint density at radius 2 is 1.96 bits per heavy atom. The van der Waals surface area contributed by atoms with Crippen molar-refractivity contribution in [1.29, 1.82) is 0 Å². The van der Waals surface area contributed by atoms with Gasteiger partial charge in [0.1, 0.15) is 5.82 Å². The van der Waals surface area contributed by atoms with Gasteiger partial charge in [-0.2, -0.15) is 4.99 Å². The van der Waals surface area contributed by atoms with Gasteiger partial charge in [-0.15, -0.1) is 0 Å². The van der Waals surface area contributed by atoms with E-state index in [4.69, 9.17) is 5.73 Å². The van der Waals surface area contributed by atoms with Gasteiger partial charge in [-0.1, -0.05) is 55.5 Å². The number of benzene rings is 1. The van der Waals surface area contributed by atoms with E-state index in [0.29, 0.717) is 11.7 Å². The normalized spacial score (nSPS) is 18.2. The molecule has 28 heavy (non-hydrogen) atoms. The number of nitrogens with zero attached hydrogens (tertiary/aromatic N) is 3. The van der Waals surface area contributed by atoms with Gasteiger partial charge in [0.15, 0.2) is 0 Å². The van der Waals surface area contributed by atoms with Gasteiger partial charge in [0, 0.05) is 24.5 Å². The van der Waals surface area contributed by atoms with Crippen LogP contribution in [0.3, 0.4) is 0 Å². The average molecular weight is 378 g/mol. The fraction of sp³-hybridized carbons (Fsp3) is 0.304. The molecule has 2 rings (SSSR count). The Hall–Kier alpha value is -2.92. The molecule has 0 bridgehead atoms. The average Bonchev–Trinajstić information content (AvgIpc) is 2.85. The molecule has 1 aliphatic carbocycles. The third-order valence-electron chi connectivity index (χ3n) is 4.15. The highest BCUT2D eigenvalue weighted by Crippen LogP contribution is 2.09. The Labute approximate surface area is 168 Å². The fourth-order valence-corrected chi connectivity index (χ4v) is 2.83. The van der Waals surface area contributed by atoms with Gasteiger partial charge in [-0.3, -0.25) is 4.90 Å². The quantitative estimate of drug-likeness (QED) is 0.558. The molecule has 0 aliphatic heterocycles. The molecular weight excluding hydrogens is 346 g/mol. The largest absolute Gasteiger partial charge is 0.368 e. The molecule has 1 aromatic carbocycles. The van der Waals surface area contributed by atoms with Crippen LogP contribution in [-0.2, 0) is 6.54 Å². The minimum atomic E-state index is 0.244. The summed E-state index contributed by atoms with van der Waals surface area (Å²) in [5, 5.41) is 3.28. The van der Waals surface area contributed by atoms with Crippen LogP contribution >= 0.6 is 0 Å². The first kappa shape index (κ1) is 21.4. The topological polar surface area (TPSA) is 66.0 Å². The summed E-state index contributed by atoms with van der Waals surface area (Å²) in [6.07, 6.45) is 12.3. The molecule has 1 aromatic rings. The van der Waals surface area contributed by atoms with Crippen LogP contribution in [0.15, 0.2) is 88.3 Å². The molecule has 148 valence electrons. The lowest BCUT2D eigenvalue weighted by Crippen LogP contribution is -2.26. The van der Waals surface area contributed by atoms with Crippen molar-refractivity contribution in [2.45, 2.75) is 27.3 Å². The summed E-state index contributed by atoms with van der Waals surface area (Å²) in [7, 11) is 2.07. The third kappa shape index (κ3) is 7.76. The van der Waals surface area contributed by atoms with E-state index >= 15 is 0 Å². The first-order valence-electron chi connectivity index (χ1n) is 9.57. The van der Waals surface area contributed by atoms with E-state index in [1.165, 1.54) is 5.56 Å². The van der Waals surface area contributed by atoms with Crippen LogP contribution in [0.1, 0.15) is 26.3 Å². The molecule has 0 saturated carbocycles. The van der Waals surface area contributed by atoms with Crippen LogP contribution in [0, 0.1) is 5.92 Å². The van der Waals surface area contributed by atoms with E-state index < -0.39 is 0 Å². The number of aliphatic imine (C=N–C) groups is 2. The first-order valence-corrected chi connectivity index (χ1v) is 9.57. The van der Waals surface area contributed by atoms with Crippen LogP contribution < -0.4 is 11.1 Å². The second-order valence-corrected chi connectivity index (χ2v) is 7.00. The van der Waals surface area contributed by atoms with Crippen molar-refractivity contribution in [3.63, 3.8) is 0 Å². The number of hydrogen-bond donors (Lipinski definition) is 2.